The van der Waals surface area contributed by atoms with Crippen molar-refractivity contribution >= 4 is 0 Å². The Morgan fingerprint density at radius 1 is 1.28 bits per heavy atom. The van der Waals surface area contributed by atoms with E-state index in [4.69, 9.17) is 0 Å². The normalized spacial score (nSPS) is 12.6. The van der Waals surface area contributed by atoms with Gasteiger partial charge in [0.2, 0.25) is 0 Å². The van der Waals surface area contributed by atoms with Gasteiger partial charge < -0.3 is 9.88 Å². The molecular weight excluding hydrogens is 236 g/mol. The molecule has 0 aliphatic rings. The van der Waals surface area contributed by atoms with E-state index >= 15 is 0 Å². The first-order valence-corrected chi connectivity index (χ1v) is 5.77. The Morgan fingerprint density at radius 3 is 2.61 bits per heavy atom. The maximum absolute atomic E-state index is 13.0. The molecule has 0 aliphatic heterocycles. The third-order valence-corrected chi connectivity index (χ3v) is 2.62. The number of rotatable bonds is 5. The van der Waals surface area contributed by atoms with Crippen LogP contribution >= 0.6 is 0 Å². The maximum Gasteiger partial charge on any atom is 0.126 e. The quantitative estimate of drug-likeness (QED) is 0.884. The molecule has 3 nitrogen and oxygen atoms in total. The summed E-state index contributed by atoms with van der Waals surface area (Å²) in [7, 11) is 0. The van der Waals surface area contributed by atoms with Crippen LogP contribution < -0.4 is 5.32 Å². The Bertz CT molecular complexity index is 477. The zero-order chi connectivity index (χ0) is 13.0. The Labute approximate surface area is 104 Å². The molecular formula is C13H15F2N3. The van der Waals surface area contributed by atoms with E-state index in [0.717, 1.165) is 12.6 Å². The van der Waals surface area contributed by atoms with Gasteiger partial charge in [-0.15, -0.1) is 0 Å². The lowest BCUT2D eigenvalue weighted by Crippen LogP contribution is -2.29. The second-order valence-corrected chi connectivity index (χ2v) is 4.32. The predicted molar refractivity (Wildman–Crippen MR) is 64.9 cm³/mol. The third-order valence-electron chi connectivity index (χ3n) is 2.62. The monoisotopic (exact) mass is 251 g/mol. The van der Waals surface area contributed by atoms with E-state index in [9.17, 15) is 8.78 Å². The van der Waals surface area contributed by atoms with E-state index in [2.05, 4.69) is 10.3 Å². The van der Waals surface area contributed by atoms with E-state index in [1.54, 1.807) is 12.5 Å². The van der Waals surface area contributed by atoms with Crippen molar-refractivity contribution in [2.24, 2.45) is 0 Å². The summed E-state index contributed by atoms with van der Waals surface area (Å²) >= 11 is 0. The number of nitrogens with zero attached hydrogens (tertiary/aromatic N) is 2. The van der Waals surface area contributed by atoms with Crippen molar-refractivity contribution in [3.8, 4) is 0 Å². The fraction of sp³-hybridized carbons (Fsp3) is 0.308. The van der Waals surface area contributed by atoms with Gasteiger partial charge in [-0.2, -0.15) is 0 Å². The summed E-state index contributed by atoms with van der Waals surface area (Å²) < 4.78 is 27.9. The van der Waals surface area contributed by atoms with Crippen LogP contribution in [-0.4, -0.2) is 15.6 Å². The van der Waals surface area contributed by atoms with Crippen molar-refractivity contribution in [3.05, 3.63) is 54.1 Å². The lowest BCUT2D eigenvalue weighted by molar-refractivity contribution is 0.474. The minimum atomic E-state index is -0.547. The summed E-state index contributed by atoms with van der Waals surface area (Å²) in [6.07, 6.45) is 5.33. The highest BCUT2D eigenvalue weighted by molar-refractivity contribution is 5.17. The molecule has 1 unspecified atom stereocenters. The average molecular weight is 251 g/mol. The first-order valence-electron chi connectivity index (χ1n) is 5.77. The van der Waals surface area contributed by atoms with Gasteiger partial charge in [0, 0.05) is 37.6 Å². The topological polar surface area (TPSA) is 29.9 Å². The third kappa shape index (κ3) is 3.63. The minimum absolute atomic E-state index is 0.186. The molecule has 96 valence electrons. The van der Waals surface area contributed by atoms with Gasteiger partial charge in [-0.25, -0.2) is 13.8 Å². The summed E-state index contributed by atoms with van der Waals surface area (Å²) in [5.41, 5.74) is 0.602. The van der Waals surface area contributed by atoms with Crippen molar-refractivity contribution in [1.29, 1.82) is 0 Å². The summed E-state index contributed by atoms with van der Waals surface area (Å²) in [6.45, 7) is 3.21. The van der Waals surface area contributed by atoms with Gasteiger partial charge in [-0.3, -0.25) is 0 Å². The Morgan fingerprint density at radius 2 is 2.00 bits per heavy atom. The first-order chi connectivity index (χ1) is 8.63. The average Bonchev–Trinajstić information content (AvgIpc) is 2.78. The van der Waals surface area contributed by atoms with Crippen LogP contribution in [0.4, 0.5) is 8.78 Å². The van der Waals surface area contributed by atoms with Gasteiger partial charge >= 0.3 is 0 Å². The maximum atomic E-state index is 13.0. The lowest BCUT2D eigenvalue weighted by atomic mass is 10.2. The highest BCUT2D eigenvalue weighted by atomic mass is 19.1. The Kier molecular flexibility index (Phi) is 4.04. The Balaban J connectivity index is 1.87. The number of hydrogen-bond donors (Lipinski definition) is 1. The van der Waals surface area contributed by atoms with E-state index in [0.29, 0.717) is 12.1 Å². The van der Waals surface area contributed by atoms with Crippen molar-refractivity contribution in [2.45, 2.75) is 26.1 Å². The number of nitrogens with one attached hydrogen (secondary N) is 1. The number of benzene rings is 1. The summed E-state index contributed by atoms with van der Waals surface area (Å²) in [6, 6.07) is 3.73. The molecule has 0 saturated heterocycles. The molecule has 1 heterocycles. The minimum Gasteiger partial charge on any atom is -0.336 e. The van der Waals surface area contributed by atoms with Gasteiger partial charge in [-0.05, 0) is 24.6 Å². The van der Waals surface area contributed by atoms with Crippen LogP contribution in [-0.2, 0) is 13.1 Å². The van der Waals surface area contributed by atoms with Crippen LogP contribution in [0.5, 0.6) is 0 Å². The molecule has 0 bridgehead atoms. The SMILES string of the molecule is CC(Cn1ccnc1)NCc1cc(F)cc(F)c1. The van der Waals surface area contributed by atoms with Crippen molar-refractivity contribution < 1.29 is 8.78 Å². The van der Waals surface area contributed by atoms with Crippen molar-refractivity contribution in [2.75, 3.05) is 0 Å². The molecule has 1 N–H and O–H groups in total. The van der Waals surface area contributed by atoms with E-state index in [1.165, 1.54) is 12.1 Å². The van der Waals surface area contributed by atoms with Crippen LogP contribution in [0.15, 0.2) is 36.9 Å². The molecule has 5 heteroatoms. The Hall–Kier alpha value is -1.75. The largest absolute Gasteiger partial charge is 0.336 e. The molecule has 0 aliphatic carbocycles. The van der Waals surface area contributed by atoms with Gasteiger partial charge in [0.25, 0.3) is 0 Å². The van der Waals surface area contributed by atoms with Crippen LogP contribution in [0, 0.1) is 11.6 Å². The molecule has 1 aromatic carbocycles. The highest BCUT2D eigenvalue weighted by Crippen LogP contribution is 2.08. The lowest BCUT2D eigenvalue weighted by Gasteiger charge is -2.14. The van der Waals surface area contributed by atoms with Crippen LogP contribution in [0.1, 0.15) is 12.5 Å². The number of halogens is 2. The van der Waals surface area contributed by atoms with Crippen LogP contribution in [0.2, 0.25) is 0 Å². The fourth-order valence-electron chi connectivity index (χ4n) is 1.78. The summed E-state index contributed by atoms with van der Waals surface area (Å²) in [4.78, 5) is 3.95. The first kappa shape index (κ1) is 12.7. The van der Waals surface area contributed by atoms with Crippen LogP contribution in [0.3, 0.4) is 0 Å². The van der Waals surface area contributed by atoms with Crippen molar-refractivity contribution in [1.82, 2.24) is 14.9 Å². The standard InChI is InChI=1S/C13H15F2N3/c1-10(8-18-3-2-16-9-18)17-7-11-4-12(14)6-13(15)5-11/h2-6,9-10,17H,7-8H2,1H3. The zero-order valence-electron chi connectivity index (χ0n) is 10.1. The van der Waals surface area contributed by atoms with Gasteiger partial charge in [0.05, 0.1) is 6.33 Å². The van der Waals surface area contributed by atoms with Gasteiger partial charge in [0.15, 0.2) is 0 Å². The van der Waals surface area contributed by atoms with Gasteiger partial charge in [0.1, 0.15) is 11.6 Å². The molecule has 1 atom stereocenters. The van der Waals surface area contributed by atoms with E-state index < -0.39 is 11.6 Å². The smallest absolute Gasteiger partial charge is 0.126 e. The second kappa shape index (κ2) is 5.73. The predicted octanol–water partition coefficient (Wildman–Crippen LogP) is 2.34. The van der Waals surface area contributed by atoms with E-state index in [-0.39, 0.29) is 6.04 Å². The van der Waals surface area contributed by atoms with E-state index in [1.807, 2.05) is 17.7 Å². The second-order valence-electron chi connectivity index (χ2n) is 4.32. The molecule has 0 amide bonds. The number of aromatic nitrogens is 2. The number of imidazole rings is 1. The molecule has 0 fully saturated rings. The molecule has 0 radical (unpaired) electrons. The zero-order valence-corrected chi connectivity index (χ0v) is 10.1. The molecule has 18 heavy (non-hydrogen) atoms. The highest BCUT2D eigenvalue weighted by Gasteiger charge is 2.04. The number of hydrogen-bond acceptors (Lipinski definition) is 2. The summed E-state index contributed by atoms with van der Waals surface area (Å²) in [5, 5.41) is 3.21. The molecule has 0 saturated carbocycles. The van der Waals surface area contributed by atoms with Crippen molar-refractivity contribution in [3.63, 3.8) is 0 Å². The van der Waals surface area contributed by atoms with Crippen LogP contribution in [0.25, 0.3) is 0 Å². The van der Waals surface area contributed by atoms with Gasteiger partial charge in [-0.1, -0.05) is 0 Å². The summed E-state index contributed by atoms with van der Waals surface area (Å²) in [5.74, 6) is -1.09. The molecule has 2 rings (SSSR count). The molecule has 2 aromatic rings. The fourth-order valence-corrected chi connectivity index (χ4v) is 1.78. The molecule has 1 aromatic heterocycles. The molecule has 0 spiro atoms.